The van der Waals surface area contributed by atoms with E-state index in [2.05, 4.69) is 4.99 Å². The second kappa shape index (κ2) is 5.97. The van der Waals surface area contributed by atoms with Gasteiger partial charge < -0.3 is 4.74 Å². The maximum absolute atomic E-state index is 12.3. The minimum absolute atomic E-state index is 0.230. The van der Waals surface area contributed by atoms with Crippen molar-refractivity contribution in [1.82, 2.24) is 0 Å². The van der Waals surface area contributed by atoms with Gasteiger partial charge in [0.05, 0.1) is 0 Å². The number of benzene rings is 2. The van der Waals surface area contributed by atoms with Gasteiger partial charge in [-0.1, -0.05) is 48.5 Å². The molecule has 0 saturated heterocycles. The van der Waals surface area contributed by atoms with Crippen molar-refractivity contribution in [3.05, 3.63) is 71.3 Å². The number of rotatable bonds is 4. The molecular formula is C18H17NO2S. The smallest absolute Gasteiger partial charge is 0.303 e. The number of carbonyl (C=O) groups excluding carboxylic acids is 1. The molecule has 1 aliphatic rings. The Morgan fingerprint density at radius 3 is 2.50 bits per heavy atom. The Balaban J connectivity index is 1.75. The second-order valence-electron chi connectivity index (χ2n) is 5.36. The summed E-state index contributed by atoms with van der Waals surface area (Å²) >= 11 is 1.47. The maximum Gasteiger partial charge on any atom is 0.303 e. The number of hydrogen-bond acceptors (Lipinski definition) is 3. The lowest BCUT2D eigenvalue weighted by Gasteiger charge is -2.21. The van der Waals surface area contributed by atoms with Crippen LogP contribution in [0.25, 0.3) is 0 Å². The highest BCUT2D eigenvalue weighted by Gasteiger charge is 2.43. The highest BCUT2D eigenvalue weighted by molar-refractivity contribution is 8.00. The Morgan fingerprint density at radius 2 is 1.77 bits per heavy atom. The van der Waals surface area contributed by atoms with E-state index in [9.17, 15) is 4.79 Å². The van der Waals surface area contributed by atoms with Gasteiger partial charge in [-0.15, -0.1) is 11.8 Å². The van der Waals surface area contributed by atoms with E-state index in [0.717, 1.165) is 16.7 Å². The Hall–Kier alpha value is -2.07. The van der Waals surface area contributed by atoms with Crippen LogP contribution < -0.4 is 0 Å². The molecule has 1 amide bonds. The van der Waals surface area contributed by atoms with E-state index in [1.807, 2.05) is 61.5 Å². The van der Waals surface area contributed by atoms with Crippen LogP contribution in [0.2, 0.25) is 0 Å². The summed E-state index contributed by atoms with van der Waals surface area (Å²) in [6.45, 7) is 3.77. The van der Waals surface area contributed by atoms with E-state index in [0.29, 0.717) is 11.7 Å². The number of nitrogens with zero attached hydrogens (tertiary/aromatic N) is 1. The van der Waals surface area contributed by atoms with Crippen LogP contribution in [0, 0.1) is 6.92 Å². The molecule has 1 atom stereocenters. The normalized spacial score (nSPS) is 20.6. The summed E-state index contributed by atoms with van der Waals surface area (Å²) in [5.41, 5.74) is 3.08. The van der Waals surface area contributed by atoms with Crippen LogP contribution in [-0.4, -0.2) is 16.7 Å². The van der Waals surface area contributed by atoms with Gasteiger partial charge >= 0.3 is 5.91 Å². The van der Waals surface area contributed by atoms with E-state index in [-0.39, 0.29) is 5.91 Å². The van der Waals surface area contributed by atoms with E-state index in [1.54, 1.807) is 6.92 Å². The van der Waals surface area contributed by atoms with Crippen LogP contribution >= 0.6 is 11.8 Å². The number of carbonyl (C=O) groups is 1. The summed E-state index contributed by atoms with van der Waals surface area (Å²) in [4.78, 5) is 15.4. The molecule has 4 heteroatoms. The fourth-order valence-electron chi connectivity index (χ4n) is 2.26. The highest BCUT2D eigenvalue weighted by atomic mass is 32.2. The average Bonchev–Trinajstić information content (AvgIpc) is 2.83. The number of amides is 1. The average molecular weight is 311 g/mol. The SMILES string of the molecule is Cc1ccccc1C1=NC(=O)[C@](C)(SCc2ccccc2)O1. The van der Waals surface area contributed by atoms with Gasteiger partial charge in [0.25, 0.3) is 0 Å². The molecule has 0 fully saturated rings. The molecule has 0 radical (unpaired) electrons. The summed E-state index contributed by atoms with van der Waals surface area (Å²) in [6, 6.07) is 17.8. The molecule has 1 heterocycles. The summed E-state index contributed by atoms with van der Waals surface area (Å²) in [5.74, 6) is 0.900. The van der Waals surface area contributed by atoms with Gasteiger partial charge in [0.1, 0.15) is 0 Å². The van der Waals surface area contributed by atoms with Gasteiger partial charge in [0.2, 0.25) is 10.8 Å². The first-order valence-corrected chi connectivity index (χ1v) is 8.13. The summed E-state index contributed by atoms with van der Waals surface area (Å²) in [7, 11) is 0. The quantitative estimate of drug-likeness (QED) is 0.858. The first-order valence-electron chi connectivity index (χ1n) is 7.14. The molecule has 0 unspecified atom stereocenters. The van der Waals surface area contributed by atoms with Gasteiger partial charge in [0, 0.05) is 11.3 Å². The highest BCUT2D eigenvalue weighted by Crippen LogP contribution is 2.36. The van der Waals surface area contributed by atoms with Crippen molar-refractivity contribution < 1.29 is 9.53 Å². The molecule has 0 spiro atoms. The molecule has 1 aliphatic heterocycles. The van der Waals surface area contributed by atoms with E-state index >= 15 is 0 Å². The van der Waals surface area contributed by atoms with Gasteiger partial charge in [-0.2, -0.15) is 4.99 Å². The third-order valence-electron chi connectivity index (χ3n) is 3.62. The van der Waals surface area contributed by atoms with Crippen molar-refractivity contribution in [2.75, 3.05) is 0 Å². The number of hydrogen-bond donors (Lipinski definition) is 0. The van der Waals surface area contributed by atoms with E-state index < -0.39 is 4.93 Å². The van der Waals surface area contributed by atoms with Crippen molar-refractivity contribution in [2.45, 2.75) is 24.5 Å². The van der Waals surface area contributed by atoms with Crippen LogP contribution in [0.3, 0.4) is 0 Å². The maximum atomic E-state index is 12.3. The fraction of sp³-hybridized carbons (Fsp3) is 0.222. The lowest BCUT2D eigenvalue weighted by molar-refractivity contribution is -0.123. The van der Waals surface area contributed by atoms with Crippen LogP contribution in [0.1, 0.15) is 23.6 Å². The molecule has 0 aliphatic carbocycles. The van der Waals surface area contributed by atoms with Crippen molar-refractivity contribution in [3.63, 3.8) is 0 Å². The lowest BCUT2D eigenvalue weighted by Crippen LogP contribution is -2.29. The molecule has 0 aromatic heterocycles. The zero-order valence-corrected chi connectivity index (χ0v) is 13.4. The van der Waals surface area contributed by atoms with Crippen molar-refractivity contribution in [3.8, 4) is 0 Å². The van der Waals surface area contributed by atoms with Crippen molar-refractivity contribution in [1.29, 1.82) is 0 Å². The van der Waals surface area contributed by atoms with Crippen molar-refractivity contribution in [2.24, 2.45) is 4.99 Å². The molecule has 3 rings (SSSR count). The van der Waals surface area contributed by atoms with E-state index in [1.165, 1.54) is 11.8 Å². The zero-order valence-electron chi connectivity index (χ0n) is 12.6. The molecule has 0 saturated carbocycles. The van der Waals surface area contributed by atoms with Gasteiger partial charge in [-0.05, 0) is 31.0 Å². The van der Waals surface area contributed by atoms with Crippen LogP contribution in [-0.2, 0) is 15.3 Å². The third kappa shape index (κ3) is 2.92. The monoisotopic (exact) mass is 311 g/mol. The molecule has 112 valence electrons. The molecular weight excluding hydrogens is 294 g/mol. The first-order chi connectivity index (χ1) is 10.6. The van der Waals surface area contributed by atoms with Crippen LogP contribution in [0.4, 0.5) is 0 Å². The predicted octanol–water partition coefficient (Wildman–Crippen LogP) is 3.95. The number of thioether (sulfide) groups is 1. The van der Waals surface area contributed by atoms with Gasteiger partial charge in [0.15, 0.2) is 0 Å². The Morgan fingerprint density at radius 1 is 1.09 bits per heavy atom. The molecule has 22 heavy (non-hydrogen) atoms. The minimum atomic E-state index is -0.951. The van der Waals surface area contributed by atoms with Crippen molar-refractivity contribution >= 4 is 23.6 Å². The summed E-state index contributed by atoms with van der Waals surface area (Å²) in [6.07, 6.45) is 0. The predicted molar refractivity (Wildman–Crippen MR) is 90.0 cm³/mol. The second-order valence-corrected chi connectivity index (χ2v) is 6.72. The molecule has 0 bridgehead atoms. The summed E-state index contributed by atoms with van der Waals surface area (Å²) in [5, 5.41) is 0. The third-order valence-corrected chi connectivity index (χ3v) is 4.90. The number of aliphatic imine (C=N–C) groups is 1. The largest absolute Gasteiger partial charge is 0.450 e. The Labute approximate surface area is 134 Å². The van der Waals surface area contributed by atoms with E-state index in [4.69, 9.17) is 4.74 Å². The number of aryl methyl sites for hydroxylation is 1. The standard InChI is InChI=1S/C18H17NO2S/c1-13-8-6-7-11-15(13)16-19-17(20)18(2,21-16)22-12-14-9-4-3-5-10-14/h3-11H,12H2,1-2H3/t18-/m0/s1. The Kier molecular flexibility index (Phi) is 4.03. The minimum Gasteiger partial charge on any atom is -0.450 e. The molecule has 2 aromatic carbocycles. The Bertz CT molecular complexity index is 727. The molecule has 3 nitrogen and oxygen atoms in total. The molecule has 2 aromatic rings. The fourth-order valence-corrected chi connectivity index (χ4v) is 3.20. The summed E-state index contributed by atoms with van der Waals surface area (Å²) < 4.78 is 5.91. The number of ether oxygens (including phenoxy) is 1. The zero-order chi connectivity index (χ0) is 15.6. The van der Waals surface area contributed by atoms with Gasteiger partial charge in [-0.25, -0.2) is 0 Å². The lowest BCUT2D eigenvalue weighted by atomic mass is 10.1. The first kappa shape index (κ1) is 14.9. The topological polar surface area (TPSA) is 38.7 Å². The molecule has 0 N–H and O–H groups in total. The van der Waals surface area contributed by atoms with Gasteiger partial charge in [-0.3, -0.25) is 4.79 Å². The van der Waals surface area contributed by atoms with Crippen LogP contribution in [0.15, 0.2) is 59.6 Å². The van der Waals surface area contributed by atoms with Crippen LogP contribution in [0.5, 0.6) is 0 Å².